The highest BCUT2D eigenvalue weighted by molar-refractivity contribution is 6.36. The smallest absolute Gasteiger partial charge is 0.318 e. The fourth-order valence-corrected chi connectivity index (χ4v) is 6.42. The van der Waals surface area contributed by atoms with Gasteiger partial charge < -0.3 is 24.0 Å². The molecule has 1 aliphatic carbocycles. The lowest BCUT2D eigenvalue weighted by molar-refractivity contribution is 0.158. The Morgan fingerprint density at radius 1 is 1.10 bits per heavy atom. The first-order valence-corrected chi connectivity index (χ1v) is 14.2. The summed E-state index contributed by atoms with van der Waals surface area (Å²) in [6, 6.07) is 13.3. The minimum absolute atomic E-state index is 0.0933. The molecule has 4 aromatic rings. The van der Waals surface area contributed by atoms with Crippen LogP contribution in [0, 0.1) is 0 Å². The molecule has 1 saturated carbocycles. The van der Waals surface area contributed by atoms with Crippen LogP contribution in [-0.4, -0.2) is 63.2 Å². The maximum atomic E-state index is 6.71. The monoisotopic (exact) mass is 543 g/mol. The molecule has 202 valence electrons. The van der Waals surface area contributed by atoms with E-state index in [-0.39, 0.29) is 11.6 Å². The van der Waals surface area contributed by atoms with Crippen molar-refractivity contribution in [2.45, 2.75) is 57.4 Å². The second-order valence-electron chi connectivity index (χ2n) is 11.5. The normalized spacial score (nSPS) is 19.8. The van der Waals surface area contributed by atoms with E-state index in [1.165, 1.54) is 11.3 Å². The average molecular weight is 544 g/mol. The fraction of sp³-hybridized carbons (Fsp3) is 0.433. The SMILES string of the molecule is C[C@@H]1Cn2cncc2CN1c1nc(OCC2(N(C)C)CC2)nc2c1CCN(c1cccc3cccc(Cl)c13)C2. The highest BCUT2D eigenvalue weighted by Crippen LogP contribution is 2.41. The van der Waals surface area contributed by atoms with Gasteiger partial charge in [0.2, 0.25) is 0 Å². The second kappa shape index (κ2) is 9.38. The summed E-state index contributed by atoms with van der Waals surface area (Å²) in [5, 5.41) is 3.02. The van der Waals surface area contributed by atoms with Crippen molar-refractivity contribution in [1.82, 2.24) is 24.4 Å². The number of nitrogens with zero attached hydrogens (tertiary/aromatic N) is 7. The van der Waals surface area contributed by atoms with Crippen molar-refractivity contribution in [3.8, 4) is 6.01 Å². The number of likely N-dealkylation sites (N-methyl/N-ethyl adjacent to an activating group) is 1. The van der Waals surface area contributed by atoms with Gasteiger partial charge in [-0.1, -0.05) is 35.9 Å². The first kappa shape index (κ1) is 24.7. The first-order chi connectivity index (χ1) is 18.9. The van der Waals surface area contributed by atoms with E-state index in [1.54, 1.807) is 0 Å². The predicted molar refractivity (Wildman–Crippen MR) is 155 cm³/mol. The van der Waals surface area contributed by atoms with E-state index in [0.717, 1.165) is 71.9 Å². The topological polar surface area (TPSA) is 62.6 Å². The van der Waals surface area contributed by atoms with Crippen LogP contribution in [0.2, 0.25) is 5.02 Å². The number of benzene rings is 2. The molecule has 0 bridgehead atoms. The van der Waals surface area contributed by atoms with Gasteiger partial charge in [0.25, 0.3) is 0 Å². The van der Waals surface area contributed by atoms with Gasteiger partial charge in [-0.05, 0) is 57.8 Å². The molecule has 39 heavy (non-hydrogen) atoms. The van der Waals surface area contributed by atoms with Crippen LogP contribution in [0.4, 0.5) is 11.5 Å². The van der Waals surface area contributed by atoms with E-state index >= 15 is 0 Å². The molecule has 2 aromatic carbocycles. The molecule has 2 aromatic heterocycles. The average Bonchev–Trinajstić information content (AvgIpc) is 3.61. The summed E-state index contributed by atoms with van der Waals surface area (Å²) in [5.41, 5.74) is 4.70. The van der Waals surface area contributed by atoms with Crippen LogP contribution in [0.15, 0.2) is 48.9 Å². The summed E-state index contributed by atoms with van der Waals surface area (Å²) >= 11 is 6.71. The maximum Gasteiger partial charge on any atom is 0.318 e. The molecule has 9 heteroatoms. The molecular weight excluding hydrogens is 510 g/mol. The van der Waals surface area contributed by atoms with Gasteiger partial charge in [0.05, 0.1) is 41.4 Å². The van der Waals surface area contributed by atoms with Crippen LogP contribution >= 0.6 is 11.6 Å². The van der Waals surface area contributed by atoms with Gasteiger partial charge in [0, 0.05) is 42.0 Å². The Labute approximate surface area is 234 Å². The predicted octanol–water partition coefficient (Wildman–Crippen LogP) is 4.92. The zero-order valence-electron chi connectivity index (χ0n) is 22.8. The van der Waals surface area contributed by atoms with Crippen molar-refractivity contribution in [1.29, 1.82) is 0 Å². The number of halogens is 1. The van der Waals surface area contributed by atoms with E-state index in [4.69, 9.17) is 26.3 Å². The number of imidazole rings is 1. The summed E-state index contributed by atoms with van der Waals surface area (Å²) < 4.78 is 8.61. The summed E-state index contributed by atoms with van der Waals surface area (Å²) in [7, 11) is 4.25. The summed E-state index contributed by atoms with van der Waals surface area (Å²) in [5.74, 6) is 1.00. The van der Waals surface area contributed by atoms with Crippen molar-refractivity contribution in [2.75, 3.05) is 37.0 Å². The summed E-state index contributed by atoms with van der Waals surface area (Å²) in [6.07, 6.45) is 7.03. The van der Waals surface area contributed by atoms with Crippen LogP contribution in [0.1, 0.15) is 36.7 Å². The number of hydrogen-bond donors (Lipinski definition) is 0. The van der Waals surface area contributed by atoms with Gasteiger partial charge in [0.1, 0.15) is 12.4 Å². The minimum Gasteiger partial charge on any atom is -0.461 e. The Morgan fingerprint density at radius 3 is 2.72 bits per heavy atom. The number of anilines is 2. The van der Waals surface area contributed by atoms with Crippen molar-refractivity contribution in [3.63, 3.8) is 0 Å². The van der Waals surface area contributed by atoms with Crippen LogP contribution in [0.5, 0.6) is 6.01 Å². The maximum absolute atomic E-state index is 6.71. The molecule has 0 radical (unpaired) electrons. The molecule has 0 N–H and O–H groups in total. The molecule has 0 unspecified atom stereocenters. The summed E-state index contributed by atoms with van der Waals surface area (Å²) in [6.45, 7) is 6.07. The molecule has 7 rings (SSSR count). The lowest BCUT2D eigenvalue weighted by Gasteiger charge is -2.38. The Morgan fingerprint density at radius 2 is 1.92 bits per heavy atom. The number of ether oxygens (including phenoxy) is 1. The van der Waals surface area contributed by atoms with E-state index in [9.17, 15) is 0 Å². The lowest BCUT2D eigenvalue weighted by atomic mass is 10.0. The number of aromatic nitrogens is 4. The van der Waals surface area contributed by atoms with Crippen LogP contribution < -0.4 is 14.5 Å². The van der Waals surface area contributed by atoms with E-state index in [2.05, 4.69) is 69.5 Å². The number of rotatable bonds is 6. The van der Waals surface area contributed by atoms with Gasteiger partial charge in [0.15, 0.2) is 0 Å². The Bertz CT molecular complexity index is 1540. The third-order valence-electron chi connectivity index (χ3n) is 8.84. The number of fused-ring (bicyclic) bond motifs is 3. The molecular formula is C30H34ClN7O. The van der Waals surface area contributed by atoms with E-state index in [1.807, 2.05) is 24.7 Å². The Hall–Kier alpha value is -3.36. The molecule has 4 heterocycles. The second-order valence-corrected chi connectivity index (χ2v) is 11.9. The highest BCUT2D eigenvalue weighted by atomic mass is 35.5. The van der Waals surface area contributed by atoms with Gasteiger partial charge in [-0.3, -0.25) is 0 Å². The van der Waals surface area contributed by atoms with Crippen molar-refractivity contribution >= 4 is 33.9 Å². The lowest BCUT2D eigenvalue weighted by Crippen LogP contribution is -2.43. The minimum atomic E-state index is 0.0933. The van der Waals surface area contributed by atoms with Crippen molar-refractivity contribution in [3.05, 3.63) is 70.9 Å². The number of hydrogen-bond acceptors (Lipinski definition) is 7. The quantitative estimate of drug-likeness (QED) is 0.342. The summed E-state index contributed by atoms with van der Waals surface area (Å²) in [4.78, 5) is 21.6. The fourth-order valence-electron chi connectivity index (χ4n) is 6.14. The first-order valence-electron chi connectivity index (χ1n) is 13.8. The molecule has 0 spiro atoms. The molecule has 2 aliphatic heterocycles. The van der Waals surface area contributed by atoms with Crippen LogP contribution in [0.25, 0.3) is 10.8 Å². The van der Waals surface area contributed by atoms with Gasteiger partial charge in [-0.15, -0.1) is 0 Å². The van der Waals surface area contributed by atoms with Gasteiger partial charge >= 0.3 is 6.01 Å². The van der Waals surface area contributed by atoms with E-state index < -0.39 is 0 Å². The Balaban J connectivity index is 1.27. The zero-order chi connectivity index (χ0) is 26.7. The molecule has 0 amide bonds. The highest BCUT2D eigenvalue weighted by Gasteiger charge is 2.46. The largest absolute Gasteiger partial charge is 0.461 e. The third-order valence-corrected chi connectivity index (χ3v) is 9.15. The molecule has 0 saturated heterocycles. The third kappa shape index (κ3) is 4.30. The van der Waals surface area contributed by atoms with Gasteiger partial charge in [-0.25, -0.2) is 4.98 Å². The van der Waals surface area contributed by atoms with Gasteiger partial charge in [-0.2, -0.15) is 9.97 Å². The molecule has 3 aliphatic rings. The molecule has 8 nitrogen and oxygen atoms in total. The molecule has 1 atom stereocenters. The van der Waals surface area contributed by atoms with Crippen molar-refractivity contribution in [2.24, 2.45) is 0 Å². The standard InChI is InChI=1S/C30H34ClN7O/c1-20-15-37-19-32-14-22(37)16-38(20)28-23-10-13-36(26-9-5-7-21-6-4-8-24(31)27(21)26)17-25(23)33-29(34-28)39-18-30(11-12-30)35(2)3/h4-9,14,19-20H,10-13,15-18H2,1-3H3/t20-/m1/s1. The Kier molecular flexibility index (Phi) is 5.93. The van der Waals surface area contributed by atoms with E-state index in [0.29, 0.717) is 19.2 Å². The molecule has 1 fully saturated rings. The zero-order valence-corrected chi connectivity index (χ0v) is 23.5. The van der Waals surface area contributed by atoms with Crippen LogP contribution in [-0.2, 0) is 26.1 Å². The van der Waals surface area contributed by atoms with Crippen LogP contribution in [0.3, 0.4) is 0 Å². The van der Waals surface area contributed by atoms with Crippen molar-refractivity contribution < 1.29 is 4.74 Å².